The quantitative estimate of drug-likeness (QED) is 0.483. The van der Waals surface area contributed by atoms with Crippen molar-refractivity contribution in [1.29, 1.82) is 0 Å². The van der Waals surface area contributed by atoms with Crippen molar-refractivity contribution in [3.05, 3.63) is 47.0 Å². The van der Waals surface area contributed by atoms with Crippen molar-refractivity contribution in [2.45, 2.75) is 19.3 Å². The predicted octanol–water partition coefficient (Wildman–Crippen LogP) is 2.02. The van der Waals surface area contributed by atoms with E-state index in [0.717, 1.165) is 0 Å². The van der Waals surface area contributed by atoms with Crippen molar-refractivity contribution in [1.82, 2.24) is 0 Å². The number of carbonyl (C=O) groups excluding carboxylic acids is 3. The summed E-state index contributed by atoms with van der Waals surface area (Å²) < 4.78 is 9.74. The second-order valence-corrected chi connectivity index (χ2v) is 5.33. The Morgan fingerprint density at radius 2 is 1.68 bits per heavy atom. The van der Waals surface area contributed by atoms with Gasteiger partial charge in [-0.05, 0) is 18.9 Å². The molecule has 0 aromatic heterocycles. The van der Waals surface area contributed by atoms with Crippen LogP contribution in [0.5, 0.6) is 0 Å². The van der Waals surface area contributed by atoms with Crippen LogP contribution >= 0.6 is 0 Å². The molecular weight excluding hydrogens is 284 g/mol. The van der Waals surface area contributed by atoms with Gasteiger partial charge in [-0.3, -0.25) is 14.4 Å². The maximum Gasteiger partial charge on any atom is 0.324 e. The zero-order valence-electron chi connectivity index (χ0n) is 12.8. The summed E-state index contributed by atoms with van der Waals surface area (Å²) in [5, 5.41) is 0. The molecule has 0 N–H and O–H groups in total. The van der Waals surface area contributed by atoms with Crippen LogP contribution in [-0.4, -0.2) is 32.4 Å². The number of benzene rings is 1. The zero-order valence-corrected chi connectivity index (χ0v) is 12.8. The van der Waals surface area contributed by atoms with Crippen molar-refractivity contribution < 1.29 is 23.9 Å². The molecule has 0 heterocycles. The SMILES string of the molecule is COC(=O)C1(C(=O)OC)CC(C)=C(C=O)[C@H]1c1ccccc1. The number of allylic oxidation sites excluding steroid dienone is 2. The van der Waals surface area contributed by atoms with Crippen LogP contribution in [0.15, 0.2) is 41.5 Å². The Bertz CT molecular complexity index is 614. The Kier molecular flexibility index (Phi) is 4.45. The van der Waals surface area contributed by atoms with E-state index in [-0.39, 0.29) is 6.42 Å². The van der Waals surface area contributed by atoms with E-state index in [0.29, 0.717) is 23.0 Å². The summed E-state index contributed by atoms with van der Waals surface area (Å²) in [6.45, 7) is 1.74. The lowest BCUT2D eigenvalue weighted by molar-refractivity contribution is -0.169. The number of hydrogen-bond acceptors (Lipinski definition) is 5. The van der Waals surface area contributed by atoms with Crippen molar-refractivity contribution in [2.24, 2.45) is 5.41 Å². The summed E-state index contributed by atoms with van der Waals surface area (Å²) in [6, 6.07) is 8.99. The molecule has 2 rings (SSSR count). The first-order valence-electron chi connectivity index (χ1n) is 6.89. The Labute approximate surface area is 128 Å². The van der Waals surface area contributed by atoms with Gasteiger partial charge in [-0.25, -0.2) is 0 Å². The fourth-order valence-corrected chi connectivity index (χ4v) is 3.24. The van der Waals surface area contributed by atoms with Gasteiger partial charge in [0, 0.05) is 11.5 Å². The molecule has 1 aliphatic rings. The first-order chi connectivity index (χ1) is 10.5. The third kappa shape index (κ3) is 2.22. The highest BCUT2D eigenvalue weighted by molar-refractivity contribution is 6.05. The number of hydrogen-bond donors (Lipinski definition) is 0. The van der Waals surface area contributed by atoms with E-state index in [1.54, 1.807) is 31.2 Å². The highest BCUT2D eigenvalue weighted by Gasteiger charge is 2.59. The number of ether oxygens (including phenoxy) is 2. The molecule has 0 spiro atoms. The Balaban J connectivity index is 2.70. The highest BCUT2D eigenvalue weighted by atomic mass is 16.5. The van der Waals surface area contributed by atoms with Crippen molar-refractivity contribution >= 4 is 18.2 Å². The van der Waals surface area contributed by atoms with Crippen LogP contribution in [0.3, 0.4) is 0 Å². The van der Waals surface area contributed by atoms with E-state index in [9.17, 15) is 14.4 Å². The van der Waals surface area contributed by atoms with Gasteiger partial charge in [0.15, 0.2) is 5.41 Å². The third-order valence-electron chi connectivity index (χ3n) is 4.20. The molecule has 0 bridgehead atoms. The number of aldehydes is 1. The second kappa shape index (κ2) is 6.13. The number of methoxy groups -OCH3 is 2. The topological polar surface area (TPSA) is 69.7 Å². The first kappa shape index (κ1) is 15.9. The van der Waals surface area contributed by atoms with Crippen LogP contribution in [0, 0.1) is 5.41 Å². The fraction of sp³-hybridized carbons (Fsp3) is 0.353. The van der Waals surface area contributed by atoms with E-state index in [1.807, 2.05) is 6.07 Å². The van der Waals surface area contributed by atoms with Crippen LogP contribution in [-0.2, 0) is 23.9 Å². The molecule has 0 saturated carbocycles. The fourth-order valence-electron chi connectivity index (χ4n) is 3.24. The summed E-state index contributed by atoms with van der Waals surface area (Å²) in [7, 11) is 2.45. The van der Waals surface area contributed by atoms with Gasteiger partial charge in [0.05, 0.1) is 14.2 Å². The Hall–Kier alpha value is -2.43. The minimum atomic E-state index is -1.55. The van der Waals surface area contributed by atoms with Crippen LogP contribution in [0.2, 0.25) is 0 Å². The summed E-state index contributed by atoms with van der Waals surface area (Å²) in [6.07, 6.45) is 0.820. The van der Waals surface area contributed by atoms with Crippen molar-refractivity contribution in [3.63, 3.8) is 0 Å². The summed E-state index contributed by atoms with van der Waals surface area (Å²) in [5.74, 6) is -2.08. The second-order valence-electron chi connectivity index (χ2n) is 5.33. The zero-order chi connectivity index (χ0) is 16.3. The number of esters is 2. The van der Waals surface area contributed by atoms with Gasteiger partial charge in [-0.1, -0.05) is 35.9 Å². The molecule has 0 saturated heterocycles. The standard InChI is InChI=1S/C17H18O5/c1-11-9-17(15(19)21-2,16(20)22-3)14(13(11)10-18)12-7-5-4-6-8-12/h4-8,10,14H,9H2,1-3H3/t14-/m1/s1. The largest absolute Gasteiger partial charge is 0.468 e. The van der Waals surface area contributed by atoms with Crippen LogP contribution in [0.25, 0.3) is 0 Å². The van der Waals surface area contributed by atoms with E-state index < -0.39 is 23.3 Å². The van der Waals surface area contributed by atoms with Gasteiger partial charge in [0.1, 0.15) is 6.29 Å². The molecule has 5 nitrogen and oxygen atoms in total. The van der Waals surface area contributed by atoms with Gasteiger partial charge >= 0.3 is 11.9 Å². The Morgan fingerprint density at radius 3 is 2.14 bits per heavy atom. The minimum absolute atomic E-state index is 0.111. The molecule has 116 valence electrons. The molecule has 0 fully saturated rings. The lowest BCUT2D eigenvalue weighted by Gasteiger charge is -2.31. The number of rotatable bonds is 4. The molecular formula is C17H18O5. The van der Waals surface area contributed by atoms with Gasteiger partial charge in [0.2, 0.25) is 0 Å². The van der Waals surface area contributed by atoms with Crippen molar-refractivity contribution in [2.75, 3.05) is 14.2 Å². The smallest absolute Gasteiger partial charge is 0.324 e. The van der Waals surface area contributed by atoms with Gasteiger partial charge in [0.25, 0.3) is 0 Å². The monoisotopic (exact) mass is 302 g/mol. The molecule has 0 aliphatic heterocycles. The van der Waals surface area contributed by atoms with Gasteiger partial charge in [-0.2, -0.15) is 0 Å². The van der Waals surface area contributed by atoms with Crippen LogP contribution < -0.4 is 0 Å². The molecule has 1 aromatic rings. The predicted molar refractivity (Wildman–Crippen MR) is 79.0 cm³/mol. The molecule has 1 atom stereocenters. The van der Waals surface area contributed by atoms with E-state index in [4.69, 9.17) is 9.47 Å². The lowest BCUT2D eigenvalue weighted by atomic mass is 9.71. The Morgan fingerprint density at radius 1 is 1.14 bits per heavy atom. The molecule has 1 aliphatic carbocycles. The van der Waals surface area contributed by atoms with Crippen LogP contribution in [0.1, 0.15) is 24.8 Å². The maximum absolute atomic E-state index is 12.5. The van der Waals surface area contributed by atoms with E-state index >= 15 is 0 Å². The molecule has 0 unspecified atom stereocenters. The van der Waals surface area contributed by atoms with Crippen LogP contribution in [0.4, 0.5) is 0 Å². The molecule has 0 amide bonds. The van der Waals surface area contributed by atoms with Crippen molar-refractivity contribution in [3.8, 4) is 0 Å². The normalized spacial score (nSPS) is 19.7. The third-order valence-corrected chi connectivity index (χ3v) is 4.20. The average molecular weight is 302 g/mol. The first-order valence-corrected chi connectivity index (χ1v) is 6.89. The van der Waals surface area contributed by atoms with Gasteiger partial charge in [-0.15, -0.1) is 0 Å². The molecule has 5 heteroatoms. The lowest BCUT2D eigenvalue weighted by Crippen LogP contribution is -2.44. The minimum Gasteiger partial charge on any atom is -0.468 e. The molecule has 22 heavy (non-hydrogen) atoms. The molecule has 1 aromatic carbocycles. The maximum atomic E-state index is 12.5. The summed E-state index contributed by atoms with van der Waals surface area (Å²) >= 11 is 0. The summed E-state index contributed by atoms with van der Waals surface area (Å²) in [4.78, 5) is 36.5. The van der Waals surface area contributed by atoms with Gasteiger partial charge < -0.3 is 9.47 Å². The van der Waals surface area contributed by atoms with E-state index in [2.05, 4.69) is 0 Å². The average Bonchev–Trinajstić information content (AvgIpc) is 2.87. The molecule has 0 radical (unpaired) electrons. The van der Waals surface area contributed by atoms with E-state index in [1.165, 1.54) is 14.2 Å². The highest BCUT2D eigenvalue weighted by Crippen LogP contribution is 2.53. The summed E-state index contributed by atoms with van der Waals surface area (Å²) in [5.41, 5.74) is 0.282. The number of carbonyl (C=O) groups is 3.